The lowest BCUT2D eigenvalue weighted by Gasteiger charge is -2.08. The predicted molar refractivity (Wildman–Crippen MR) is 37.0 cm³/mol. The van der Waals surface area contributed by atoms with Crippen molar-refractivity contribution in [3.05, 3.63) is 0 Å². The highest BCUT2D eigenvalue weighted by Crippen LogP contribution is 1.90. The average Bonchev–Trinajstić information content (AvgIpc) is 1.59. The molecule has 1 aliphatic heterocycles. The number of nitrogens with zero attached hydrogens (tertiary/aromatic N) is 1. The Morgan fingerprint density at radius 2 is 2.44 bits per heavy atom. The fraction of sp³-hybridized carbons (Fsp3) is 0.250. The zero-order valence-electron chi connectivity index (χ0n) is 4.55. The number of hydrogen-bond donors (Lipinski definition) is 2. The van der Waals surface area contributed by atoms with Crippen molar-refractivity contribution in [1.82, 2.24) is 5.32 Å². The minimum atomic E-state index is -0.187. The van der Waals surface area contributed by atoms with Crippen molar-refractivity contribution < 1.29 is 4.79 Å². The molecule has 3 N–H and O–H groups in total. The van der Waals surface area contributed by atoms with Crippen molar-refractivity contribution in [1.29, 1.82) is 0 Å². The van der Waals surface area contributed by atoms with Gasteiger partial charge in [-0.15, -0.1) is 0 Å². The first-order valence-corrected chi connectivity index (χ1v) is 2.76. The number of aliphatic imine (C=N–C) groups is 1. The average molecular weight is 143 g/mol. The minimum absolute atomic E-state index is 0.153. The van der Waals surface area contributed by atoms with E-state index in [1.165, 1.54) is 0 Å². The van der Waals surface area contributed by atoms with Crippen molar-refractivity contribution in [2.24, 2.45) is 10.7 Å². The molecule has 0 aromatic carbocycles. The molecule has 48 valence electrons. The van der Waals surface area contributed by atoms with Gasteiger partial charge in [0.25, 0.3) is 0 Å². The van der Waals surface area contributed by atoms with Gasteiger partial charge in [0.1, 0.15) is 5.84 Å². The summed E-state index contributed by atoms with van der Waals surface area (Å²) >= 11 is 4.56. The van der Waals surface area contributed by atoms with Crippen LogP contribution in [0.2, 0.25) is 0 Å². The van der Waals surface area contributed by atoms with Gasteiger partial charge in [0.05, 0.1) is 6.42 Å². The van der Waals surface area contributed by atoms with Crippen LogP contribution in [-0.4, -0.2) is 16.9 Å². The van der Waals surface area contributed by atoms with Gasteiger partial charge in [-0.05, 0) is 12.2 Å². The number of carbonyl (C=O) groups excluding carboxylic acids is 1. The van der Waals surface area contributed by atoms with Crippen LogP contribution < -0.4 is 11.1 Å². The first-order valence-electron chi connectivity index (χ1n) is 2.35. The lowest BCUT2D eigenvalue weighted by atomic mass is 10.3. The molecule has 0 aliphatic carbocycles. The number of nitrogens with two attached hydrogens (primary N) is 1. The van der Waals surface area contributed by atoms with Gasteiger partial charge in [-0.1, -0.05) is 0 Å². The monoisotopic (exact) mass is 143 g/mol. The molecule has 1 aliphatic rings. The molecule has 0 radical (unpaired) electrons. The Balaban J connectivity index is 2.79. The van der Waals surface area contributed by atoms with Crippen molar-refractivity contribution >= 4 is 29.1 Å². The fourth-order valence-corrected chi connectivity index (χ4v) is 0.757. The van der Waals surface area contributed by atoms with E-state index in [1.54, 1.807) is 0 Å². The van der Waals surface area contributed by atoms with Crippen LogP contribution in [0.15, 0.2) is 4.99 Å². The van der Waals surface area contributed by atoms with E-state index in [0.29, 0.717) is 0 Å². The highest BCUT2D eigenvalue weighted by atomic mass is 32.1. The quantitative estimate of drug-likeness (QED) is 0.434. The molecular weight excluding hydrogens is 138 g/mol. The molecule has 1 rings (SSSR count). The maximum absolute atomic E-state index is 10.5. The molecule has 0 atom stereocenters. The van der Waals surface area contributed by atoms with E-state index < -0.39 is 0 Å². The summed E-state index contributed by atoms with van der Waals surface area (Å²) in [5, 5.41) is 2.49. The SMILES string of the molecule is NC1=NC(=S)NC(=O)C1. The Hall–Kier alpha value is -0.970. The van der Waals surface area contributed by atoms with E-state index in [2.05, 4.69) is 22.5 Å². The van der Waals surface area contributed by atoms with Crippen LogP contribution in [0.1, 0.15) is 6.42 Å². The Labute approximate surface area is 57.1 Å². The number of carbonyl (C=O) groups is 1. The van der Waals surface area contributed by atoms with Crippen LogP contribution in [0.5, 0.6) is 0 Å². The molecular formula is C4H5N3OS. The van der Waals surface area contributed by atoms with Gasteiger partial charge < -0.3 is 11.1 Å². The lowest BCUT2D eigenvalue weighted by Crippen LogP contribution is -2.37. The second kappa shape index (κ2) is 2.10. The van der Waals surface area contributed by atoms with E-state index in [1.807, 2.05) is 0 Å². The number of nitrogens with one attached hydrogen (secondary N) is 1. The summed E-state index contributed by atoms with van der Waals surface area (Å²) in [7, 11) is 0. The van der Waals surface area contributed by atoms with Crippen molar-refractivity contribution in [2.75, 3.05) is 0 Å². The molecule has 0 bridgehead atoms. The normalized spacial score (nSPS) is 18.9. The first-order chi connectivity index (χ1) is 4.18. The molecule has 0 saturated heterocycles. The molecule has 0 fully saturated rings. The van der Waals surface area contributed by atoms with E-state index in [9.17, 15) is 4.79 Å². The van der Waals surface area contributed by atoms with Crippen LogP contribution in [0, 0.1) is 0 Å². The number of hydrogen-bond acceptors (Lipinski definition) is 3. The van der Waals surface area contributed by atoms with Gasteiger partial charge in [-0.2, -0.15) is 0 Å². The van der Waals surface area contributed by atoms with Gasteiger partial charge in [-0.3, -0.25) is 4.79 Å². The highest BCUT2D eigenvalue weighted by molar-refractivity contribution is 7.80. The van der Waals surface area contributed by atoms with Gasteiger partial charge in [0.2, 0.25) is 11.0 Å². The van der Waals surface area contributed by atoms with E-state index >= 15 is 0 Å². The zero-order chi connectivity index (χ0) is 6.85. The van der Waals surface area contributed by atoms with Crippen molar-refractivity contribution in [3.8, 4) is 0 Å². The summed E-state index contributed by atoms with van der Waals surface area (Å²) in [4.78, 5) is 14.2. The molecule has 0 aromatic rings. The van der Waals surface area contributed by atoms with E-state index in [0.717, 1.165) is 0 Å². The topological polar surface area (TPSA) is 67.5 Å². The summed E-state index contributed by atoms with van der Waals surface area (Å²) in [5.41, 5.74) is 5.22. The second-order valence-corrected chi connectivity index (χ2v) is 2.02. The Kier molecular flexibility index (Phi) is 1.44. The second-order valence-electron chi connectivity index (χ2n) is 1.63. The third-order valence-electron chi connectivity index (χ3n) is 0.833. The molecule has 0 spiro atoms. The van der Waals surface area contributed by atoms with Gasteiger partial charge in [0.15, 0.2) is 0 Å². The minimum Gasteiger partial charge on any atom is -0.387 e. The molecule has 4 nitrogen and oxygen atoms in total. The smallest absolute Gasteiger partial charge is 0.233 e. The molecule has 0 aromatic heterocycles. The first kappa shape index (κ1) is 6.15. The molecule has 5 heteroatoms. The fourth-order valence-electron chi connectivity index (χ4n) is 0.526. The summed E-state index contributed by atoms with van der Waals surface area (Å²) < 4.78 is 0. The zero-order valence-corrected chi connectivity index (χ0v) is 5.36. The van der Waals surface area contributed by atoms with Crippen molar-refractivity contribution in [3.63, 3.8) is 0 Å². The van der Waals surface area contributed by atoms with Crippen molar-refractivity contribution in [2.45, 2.75) is 6.42 Å². The van der Waals surface area contributed by atoms with E-state index in [-0.39, 0.29) is 23.3 Å². The lowest BCUT2D eigenvalue weighted by molar-refractivity contribution is -0.118. The number of amides is 1. The van der Waals surface area contributed by atoms with Crippen LogP contribution in [0.3, 0.4) is 0 Å². The maximum Gasteiger partial charge on any atom is 0.233 e. The van der Waals surface area contributed by atoms with Crippen LogP contribution in [0.25, 0.3) is 0 Å². The summed E-state index contributed by atoms with van der Waals surface area (Å²) in [6, 6.07) is 0. The Morgan fingerprint density at radius 3 is 2.89 bits per heavy atom. The van der Waals surface area contributed by atoms with Gasteiger partial charge in [-0.25, -0.2) is 4.99 Å². The summed E-state index contributed by atoms with van der Waals surface area (Å²) in [6.45, 7) is 0. The number of thiocarbonyl (C=S) groups is 1. The largest absolute Gasteiger partial charge is 0.387 e. The molecule has 9 heavy (non-hydrogen) atoms. The maximum atomic E-state index is 10.5. The molecule has 0 unspecified atom stereocenters. The molecule has 0 saturated carbocycles. The third-order valence-corrected chi connectivity index (χ3v) is 1.03. The summed E-state index contributed by atoms with van der Waals surface area (Å²) in [6.07, 6.45) is 0.153. The highest BCUT2D eigenvalue weighted by Gasteiger charge is 2.11. The number of amidine groups is 1. The Morgan fingerprint density at radius 1 is 1.78 bits per heavy atom. The summed E-state index contributed by atoms with van der Waals surface area (Å²) in [5.74, 6) is 0.0938. The van der Waals surface area contributed by atoms with Gasteiger partial charge in [0, 0.05) is 0 Å². The van der Waals surface area contributed by atoms with Crippen LogP contribution in [0.4, 0.5) is 0 Å². The third kappa shape index (κ3) is 1.46. The Bertz CT molecular complexity index is 198. The van der Waals surface area contributed by atoms with Crippen LogP contribution >= 0.6 is 12.2 Å². The van der Waals surface area contributed by atoms with Crippen LogP contribution in [-0.2, 0) is 4.79 Å². The standard InChI is InChI=1S/C4H5N3OS/c5-2-1-3(8)7-4(9)6-2/h1H2,(H3,5,6,7,8,9). The van der Waals surface area contributed by atoms with Gasteiger partial charge >= 0.3 is 0 Å². The number of rotatable bonds is 0. The molecule has 1 heterocycles. The predicted octanol–water partition coefficient (Wildman–Crippen LogP) is -0.852. The molecule has 1 amide bonds. The van der Waals surface area contributed by atoms with E-state index in [4.69, 9.17) is 5.73 Å².